The summed E-state index contributed by atoms with van der Waals surface area (Å²) in [6, 6.07) is 27.4. The molecule has 4 aromatic rings. The summed E-state index contributed by atoms with van der Waals surface area (Å²) in [5, 5.41) is 16.1. The first-order valence-corrected chi connectivity index (χ1v) is 14.9. The largest absolute Gasteiger partial charge is 0.477 e. The zero-order valence-corrected chi connectivity index (χ0v) is 24.0. The number of carboxylic acids is 1. The predicted octanol–water partition coefficient (Wildman–Crippen LogP) is 3.20. The van der Waals surface area contributed by atoms with E-state index in [1.54, 1.807) is 0 Å². The fraction of sp³-hybridized carbons (Fsp3) is 0.133. The number of nitrogens with two attached hydrogens (primary N) is 1. The molecule has 13 heteroatoms. The fourth-order valence-corrected chi connectivity index (χ4v) is 6.68. The number of hydrogen-bond donors (Lipinski definition) is 3. The van der Waals surface area contributed by atoms with Crippen LogP contribution >= 0.6 is 23.3 Å². The lowest BCUT2D eigenvalue weighted by Gasteiger charge is -2.48. The van der Waals surface area contributed by atoms with E-state index < -0.39 is 34.8 Å². The lowest BCUT2D eigenvalue weighted by atomic mass is 9.80. The summed E-state index contributed by atoms with van der Waals surface area (Å²) < 4.78 is 4.19. The molecule has 0 saturated carbocycles. The Labute approximate surface area is 254 Å². The Hall–Kier alpha value is -5.01. The van der Waals surface area contributed by atoms with Crippen LogP contribution in [0.5, 0.6) is 0 Å². The van der Waals surface area contributed by atoms with Crippen LogP contribution in [0.25, 0.3) is 0 Å². The van der Waals surface area contributed by atoms with Gasteiger partial charge in [-0.2, -0.15) is 9.36 Å². The minimum absolute atomic E-state index is 0.0749. The van der Waals surface area contributed by atoms with Crippen molar-refractivity contribution in [3.8, 4) is 0 Å². The summed E-state index contributed by atoms with van der Waals surface area (Å²) in [4.78, 5) is 50.2. The van der Waals surface area contributed by atoms with Gasteiger partial charge in [0.05, 0.1) is 0 Å². The molecule has 43 heavy (non-hydrogen) atoms. The van der Waals surface area contributed by atoms with Crippen LogP contribution in [-0.2, 0) is 24.8 Å². The standard InChI is InChI=1S/C30H24N6O5S2/c31-29-33-24(35-43-29)22(25(37)32-23-26(38)36-21(28(39)40)16-17-42-27(23)36)34-41-30(18-10-4-1-5-11-18,19-12-6-2-7-13-19)20-14-8-3-9-15-20/h1-16,23,27H,17H2,(H,32,37)(H,39,40)(H2,31,33,35)/b34-22-. The Balaban J connectivity index is 1.41. The highest BCUT2D eigenvalue weighted by Crippen LogP contribution is 2.41. The SMILES string of the molecule is Nc1nc(/C(=N/OC(c2ccccc2)(c2ccccc2)c2ccccc2)C(=O)NC2C(=O)N3C(C(=O)O)=CCSC23)ns1. The van der Waals surface area contributed by atoms with Gasteiger partial charge in [-0.25, -0.2) is 4.79 Å². The quantitative estimate of drug-likeness (QED) is 0.112. The maximum Gasteiger partial charge on any atom is 0.352 e. The molecule has 2 atom stereocenters. The van der Waals surface area contributed by atoms with Crippen LogP contribution in [0.2, 0.25) is 0 Å². The van der Waals surface area contributed by atoms with Crippen molar-refractivity contribution in [2.75, 3.05) is 11.5 Å². The van der Waals surface area contributed by atoms with Crippen molar-refractivity contribution >= 4 is 51.9 Å². The Morgan fingerprint density at radius 1 is 0.977 bits per heavy atom. The third kappa shape index (κ3) is 5.13. The van der Waals surface area contributed by atoms with Gasteiger partial charge in [0.2, 0.25) is 17.1 Å². The highest BCUT2D eigenvalue weighted by molar-refractivity contribution is 8.00. The molecule has 1 saturated heterocycles. The van der Waals surface area contributed by atoms with Crippen molar-refractivity contribution in [1.29, 1.82) is 0 Å². The highest BCUT2D eigenvalue weighted by Gasteiger charge is 2.53. The average Bonchev–Trinajstić information content (AvgIpc) is 3.48. The van der Waals surface area contributed by atoms with Crippen molar-refractivity contribution in [2.45, 2.75) is 17.0 Å². The first-order valence-electron chi connectivity index (χ1n) is 13.1. The molecule has 3 aromatic carbocycles. The predicted molar refractivity (Wildman–Crippen MR) is 162 cm³/mol. The summed E-state index contributed by atoms with van der Waals surface area (Å²) in [5.74, 6) is -2.22. The lowest BCUT2D eigenvalue weighted by Crippen LogP contribution is -2.70. The molecule has 11 nitrogen and oxygen atoms in total. The number of fused-ring (bicyclic) bond motifs is 1. The smallest absolute Gasteiger partial charge is 0.352 e. The number of nitrogens with one attached hydrogen (secondary N) is 1. The Morgan fingerprint density at radius 3 is 2.02 bits per heavy atom. The second-order valence-electron chi connectivity index (χ2n) is 9.54. The van der Waals surface area contributed by atoms with Crippen LogP contribution in [0.1, 0.15) is 22.5 Å². The number of rotatable bonds is 9. The molecule has 2 unspecified atom stereocenters. The summed E-state index contributed by atoms with van der Waals surface area (Å²) >= 11 is 2.22. The van der Waals surface area contributed by atoms with Crippen molar-refractivity contribution < 1.29 is 24.3 Å². The van der Waals surface area contributed by atoms with Crippen molar-refractivity contribution in [3.05, 3.63) is 125 Å². The van der Waals surface area contributed by atoms with Crippen LogP contribution in [-0.4, -0.2) is 60.0 Å². The van der Waals surface area contributed by atoms with Crippen molar-refractivity contribution in [1.82, 2.24) is 19.6 Å². The number of aliphatic carboxylic acids is 1. The number of thioether (sulfide) groups is 1. The molecule has 216 valence electrons. The Bertz CT molecular complexity index is 1630. The van der Waals surface area contributed by atoms with E-state index in [1.165, 1.54) is 22.7 Å². The Kier molecular flexibility index (Phi) is 7.65. The fourth-order valence-electron chi connectivity index (χ4n) is 5.05. The molecule has 1 fully saturated rings. The van der Waals surface area contributed by atoms with Crippen molar-refractivity contribution in [3.63, 3.8) is 0 Å². The van der Waals surface area contributed by atoms with E-state index >= 15 is 0 Å². The number of carbonyl (C=O) groups excluding carboxylic acids is 2. The second kappa shape index (κ2) is 11.7. The van der Waals surface area contributed by atoms with Gasteiger partial charge in [-0.1, -0.05) is 96.2 Å². The second-order valence-corrected chi connectivity index (χ2v) is 11.5. The first-order chi connectivity index (χ1) is 20.9. The number of carboxylic acid groups (broad SMARTS) is 1. The van der Waals surface area contributed by atoms with Gasteiger partial charge in [-0.05, 0) is 6.08 Å². The van der Waals surface area contributed by atoms with Gasteiger partial charge in [0.1, 0.15) is 17.1 Å². The molecule has 2 aliphatic heterocycles. The average molecular weight is 613 g/mol. The summed E-state index contributed by atoms with van der Waals surface area (Å²) in [6.07, 6.45) is 1.47. The zero-order chi connectivity index (χ0) is 30.0. The topological polar surface area (TPSA) is 160 Å². The number of anilines is 1. The maximum atomic E-state index is 13.8. The van der Waals surface area contributed by atoms with Gasteiger partial charge >= 0.3 is 5.97 Å². The van der Waals surface area contributed by atoms with Crippen LogP contribution in [0.15, 0.2) is 108 Å². The number of nitrogen functional groups attached to an aromatic ring is 1. The van der Waals surface area contributed by atoms with Gasteiger partial charge in [-0.3, -0.25) is 14.5 Å². The van der Waals surface area contributed by atoms with Gasteiger partial charge in [0.25, 0.3) is 11.8 Å². The van der Waals surface area contributed by atoms with Gasteiger partial charge < -0.3 is 21.0 Å². The van der Waals surface area contributed by atoms with E-state index in [0.29, 0.717) is 5.75 Å². The molecule has 2 amide bonds. The highest BCUT2D eigenvalue weighted by atomic mass is 32.2. The molecule has 0 spiro atoms. The summed E-state index contributed by atoms with van der Waals surface area (Å²) in [6.45, 7) is 0. The number of amides is 2. The lowest BCUT2D eigenvalue weighted by molar-refractivity contribution is -0.150. The van der Waals surface area contributed by atoms with Gasteiger partial charge in [0, 0.05) is 34.0 Å². The molecular weight excluding hydrogens is 589 g/mol. The summed E-state index contributed by atoms with van der Waals surface area (Å²) in [5.41, 5.74) is 6.41. The summed E-state index contributed by atoms with van der Waals surface area (Å²) in [7, 11) is 0. The number of oxime groups is 1. The minimum atomic E-state index is -1.29. The molecule has 0 aliphatic carbocycles. The maximum absolute atomic E-state index is 13.8. The number of hydrogen-bond acceptors (Lipinski definition) is 10. The van der Waals surface area contributed by atoms with E-state index in [2.05, 4.69) is 19.8 Å². The Morgan fingerprint density at radius 2 is 1.53 bits per heavy atom. The van der Waals surface area contributed by atoms with Crippen LogP contribution in [0, 0.1) is 0 Å². The number of benzene rings is 3. The van der Waals surface area contributed by atoms with E-state index in [-0.39, 0.29) is 22.4 Å². The molecule has 2 aliphatic rings. The van der Waals surface area contributed by atoms with Crippen LogP contribution in [0.4, 0.5) is 5.13 Å². The third-order valence-electron chi connectivity index (χ3n) is 7.04. The van der Waals surface area contributed by atoms with Gasteiger partial charge in [0.15, 0.2) is 5.13 Å². The van der Waals surface area contributed by atoms with E-state index in [1.807, 2.05) is 91.0 Å². The molecule has 4 N–H and O–H groups in total. The molecule has 0 bridgehead atoms. The molecule has 1 aromatic heterocycles. The monoisotopic (exact) mass is 612 g/mol. The number of aromatic nitrogens is 2. The van der Waals surface area contributed by atoms with E-state index in [4.69, 9.17) is 10.6 Å². The molecule has 6 rings (SSSR count). The molecule has 0 radical (unpaired) electrons. The van der Waals surface area contributed by atoms with Gasteiger partial charge in [-0.15, -0.1) is 11.8 Å². The van der Waals surface area contributed by atoms with Crippen molar-refractivity contribution in [2.24, 2.45) is 5.16 Å². The van der Waals surface area contributed by atoms with Crippen LogP contribution < -0.4 is 11.1 Å². The first kappa shape index (κ1) is 28.1. The third-order valence-corrected chi connectivity index (χ3v) is 8.76. The normalized spacial score (nSPS) is 18.2. The number of β-lactam (4-membered cyclic amide) rings is 1. The van der Waals surface area contributed by atoms with Crippen LogP contribution in [0.3, 0.4) is 0 Å². The number of carbonyl (C=O) groups is 3. The van der Waals surface area contributed by atoms with E-state index in [0.717, 1.165) is 28.2 Å². The molecular formula is C30H24N6O5S2. The minimum Gasteiger partial charge on any atom is -0.477 e. The zero-order valence-electron chi connectivity index (χ0n) is 22.4. The number of nitrogens with zero attached hydrogens (tertiary/aromatic N) is 4. The molecule has 3 heterocycles. The van der Waals surface area contributed by atoms with E-state index in [9.17, 15) is 19.5 Å².